The quantitative estimate of drug-likeness (QED) is 0.239. The highest BCUT2D eigenvalue weighted by Crippen LogP contribution is 2.26. The number of aryl methyl sites for hydroxylation is 1. The van der Waals surface area contributed by atoms with E-state index in [1.807, 2.05) is 37.3 Å². The average molecular weight is 606 g/mol. The van der Waals surface area contributed by atoms with Gasteiger partial charge in [0.1, 0.15) is 24.2 Å². The first-order valence-electron chi connectivity index (χ1n) is 13.8. The van der Waals surface area contributed by atoms with Gasteiger partial charge in [-0.3, -0.25) is 13.9 Å². The molecule has 0 aromatic heterocycles. The molecule has 0 spiro atoms. The van der Waals surface area contributed by atoms with Gasteiger partial charge < -0.3 is 10.2 Å². The van der Waals surface area contributed by atoms with Gasteiger partial charge in [0.15, 0.2) is 0 Å². The first kappa shape index (κ1) is 31.4. The van der Waals surface area contributed by atoms with Gasteiger partial charge in [-0.25, -0.2) is 17.2 Å². The lowest BCUT2D eigenvalue weighted by molar-refractivity contribution is -0.140. The highest BCUT2D eigenvalue weighted by Gasteiger charge is 2.34. The molecule has 7 nitrogen and oxygen atoms in total. The number of hydrogen-bond acceptors (Lipinski definition) is 4. The van der Waals surface area contributed by atoms with Crippen LogP contribution in [0.3, 0.4) is 0 Å². The van der Waals surface area contributed by atoms with Crippen molar-refractivity contribution in [1.29, 1.82) is 0 Å². The first-order valence-corrected chi connectivity index (χ1v) is 15.2. The molecule has 0 saturated carbocycles. The van der Waals surface area contributed by atoms with Crippen molar-refractivity contribution in [3.05, 3.63) is 131 Å². The fourth-order valence-electron chi connectivity index (χ4n) is 4.61. The molecule has 1 unspecified atom stereocenters. The number of benzene rings is 4. The minimum Gasteiger partial charge on any atom is -0.355 e. The molecule has 43 heavy (non-hydrogen) atoms. The van der Waals surface area contributed by atoms with Gasteiger partial charge in [-0.2, -0.15) is 0 Å². The normalized spacial score (nSPS) is 11.9. The molecule has 4 rings (SSSR count). The van der Waals surface area contributed by atoms with Crippen LogP contribution in [0.15, 0.2) is 108 Å². The molecule has 0 radical (unpaired) electrons. The van der Waals surface area contributed by atoms with Crippen molar-refractivity contribution >= 4 is 27.5 Å². The summed E-state index contributed by atoms with van der Waals surface area (Å²) in [5, 5.41) is 2.79. The van der Waals surface area contributed by atoms with Crippen LogP contribution in [-0.2, 0) is 32.6 Å². The smallest absolute Gasteiger partial charge is 0.264 e. The molecule has 2 amide bonds. The third-order valence-corrected chi connectivity index (χ3v) is 8.68. The number of sulfonamides is 1. The van der Waals surface area contributed by atoms with E-state index in [0.29, 0.717) is 12.1 Å². The zero-order valence-electron chi connectivity index (χ0n) is 23.9. The standard InChI is InChI=1S/C33H33F2N3O4S/c1-3-36-33(40)31(21-25-7-5-4-6-8-25)37(22-26-11-13-27(34)14-12-26)32(39)23-38(29-17-9-24(2)10-18-29)43(41,42)30-19-15-28(35)16-20-30/h4-20,31H,3,21-23H2,1-2H3,(H,36,40). The molecule has 0 fully saturated rings. The predicted octanol–water partition coefficient (Wildman–Crippen LogP) is 5.24. The average Bonchev–Trinajstić information content (AvgIpc) is 3.00. The first-order chi connectivity index (χ1) is 20.6. The molecule has 0 heterocycles. The minimum atomic E-state index is -4.34. The van der Waals surface area contributed by atoms with E-state index in [-0.39, 0.29) is 23.5 Å². The molecular formula is C33H33F2N3O4S. The van der Waals surface area contributed by atoms with Gasteiger partial charge >= 0.3 is 0 Å². The maximum Gasteiger partial charge on any atom is 0.264 e. The van der Waals surface area contributed by atoms with Crippen LogP contribution in [0.25, 0.3) is 0 Å². The van der Waals surface area contributed by atoms with Crippen molar-refractivity contribution in [3.63, 3.8) is 0 Å². The maximum absolute atomic E-state index is 14.2. The van der Waals surface area contributed by atoms with Crippen molar-refractivity contribution in [2.24, 2.45) is 0 Å². The third-order valence-electron chi connectivity index (χ3n) is 6.89. The van der Waals surface area contributed by atoms with Crippen LogP contribution < -0.4 is 9.62 Å². The number of hydrogen-bond donors (Lipinski definition) is 1. The van der Waals surface area contributed by atoms with Crippen LogP contribution >= 0.6 is 0 Å². The van der Waals surface area contributed by atoms with E-state index in [1.165, 1.54) is 29.2 Å². The van der Waals surface area contributed by atoms with Crippen molar-refractivity contribution in [2.75, 3.05) is 17.4 Å². The molecule has 1 atom stereocenters. The number of anilines is 1. The number of amides is 2. The Hall–Kier alpha value is -4.57. The topological polar surface area (TPSA) is 86.8 Å². The number of carbonyl (C=O) groups is 2. The molecule has 4 aromatic carbocycles. The second-order valence-corrected chi connectivity index (χ2v) is 11.9. The fourth-order valence-corrected chi connectivity index (χ4v) is 6.02. The maximum atomic E-state index is 14.2. The van der Waals surface area contributed by atoms with Gasteiger partial charge in [0, 0.05) is 19.5 Å². The Labute approximate surface area is 250 Å². The number of halogens is 2. The molecule has 10 heteroatoms. The van der Waals surface area contributed by atoms with Crippen LogP contribution in [-0.4, -0.2) is 44.3 Å². The van der Waals surface area contributed by atoms with Crippen molar-refractivity contribution in [3.8, 4) is 0 Å². The summed E-state index contributed by atoms with van der Waals surface area (Å²) in [6.45, 7) is 3.20. The summed E-state index contributed by atoms with van der Waals surface area (Å²) < 4.78 is 56.1. The fraction of sp³-hybridized carbons (Fsp3) is 0.212. The summed E-state index contributed by atoms with van der Waals surface area (Å²) in [6.07, 6.45) is 0.162. The largest absolute Gasteiger partial charge is 0.355 e. The lowest BCUT2D eigenvalue weighted by Gasteiger charge is -2.33. The summed E-state index contributed by atoms with van der Waals surface area (Å²) in [4.78, 5) is 28.8. The number of nitrogens with zero attached hydrogens (tertiary/aromatic N) is 2. The van der Waals surface area contributed by atoms with E-state index in [1.54, 1.807) is 31.2 Å². The van der Waals surface area contributed by atoms with Gasteiger partial charge in [-0.15, -0.1) is 0 Å². The van der Waals surface area contributed by atoms with E-state index in [9.17, 15) is 26.8 Å². The van der Waals surface area contributed by atoms with Crippen molar-refractivity contribution < 1.29 is 26.8 Å². The van der Waals surface area contributed by atoms with E-state index in [2.05, 4.69) is 5.32 Å². The lowest BCUT2D eigenvalue weighted by atomic mass is 10.0. The summed E-state index contributed by atoms with van der Waals surface area (Å²) in [7, 11) is -4.34. The number of carbonyl (C=O) groups excluding carboxylic acids is 2. The van der Waals surface area contributed by atoms with Gasteiger partial charge in [0.25, 0.3) is 10.0 Å². The number of nitrogens with one attached hydrogen (secondary N) is 1. The van der Waals surface area contributed by atoms with E-state index in [0.717, 1.165) is 39.7 Å². The molecule has 0 bridgehead atoms. The van der Waals surface area contributed by atoms with Crippen LogP contribution in [0.4, 0.5) is 14.5 Å². The summed E-state index contributed by atoms with van der Waals surface area (Å²) in [5.74, 6) is -2.12. The van der Waals surface area contributed by atoms with E-state index >= 15 is 0 Å². The Bertz CT molecular complexity index is 1630. The Morgan fingerprint density at radius 3 is 1.95 bits per heavy atom. The van der Waals surface area contributed by atoms with Crippen molar-refractivity contribution in [2.45, 2.75) is 37.8 Å². The van der Waals surface area contributed by atoms with Crippen LogP contribution in [0.2, 0.25) is 0 Å². The van der Waals surface area contributed by atoms with Gasteiger partial charge in [-0.1, -0.05) is 60.2 Å². The van der Waals surface area contributed by atoms with E-state index < -0.39 is 46.1 Å². The van der Waals surface area contributed by atoms with Gasteiger partial charge in [-0.05, 0) is 73.5 Å². The Kier molecular flexibility index (Phi) is 10.3. The summed E-state index contributed by atoms with van der Waals surface area (Å²) >= 11 is 0. The van der Waals surface area contributed by atoms with Crippen LogP contribution in [0, 0.1) is 18.6 Å². The Morgan fingerprint density at radius 1 is 0.791 bits per heavy atom. The van der Waals surface area contributed by atoms with E-state index in [4.69, 9.17) is 0 Å². The zero-order chi connectivity index (χ0) is 31.0. The number of likely N-dealkylation sites (N-methyl/N-ethyl adjacent to an activating group) is 1. The van der Waals surface area contributed by atoms with Crippen LogP contribution in [0.1, 0.15) is 23.6 Å². The molecular weight excluding hydrogens is 572 g/mol. The molecule has 1 N–H and O–H groups in total. The monoisotopic (exact) mass is 605 g/mol. The zero-order valence-corrected chi connectivity index (χ0v) is 24.7. The van der Waals surface area contributed by atoms with Gasteiger partial charge in [0.2, 0.25) is 11.8 Å². The second kappa shape index (κ2) is 14.1. The summed E-state index contributed by atoms with van der Waals surface area (Å²) in [6, 6.07) is 24.6. The minimum absolute atomic E-state index is 0.0773. The Balaban J connectivity index is 1.78. The molecule has 0 aliphatic carbocycles. The molecule has 0 aliphatic heterocycles. The van der Waals surface area contributed by atoms with Crippen LogP contribution in [0.5, 0.6) is 0 Å². The highest BCUT2D eigenvalue weighted by molar-refractivity contribution is 7.92. The second-order valence-electron chi connectivity index (χ2n) is 10.0. The molecule has 4 aromatic rings. The highest BCUT2D eigenvalue weighted by atomic mass is 32.2. The summed E-state index contributed by atoms with van der Waals surface area (Å²) in [5.41, 5.74) is 2.46. The molecule has 224 valence electrons. The Morgan fingerprint density at radius 2 is 1.37 bits per heavy atom. The predicted molar refractivity (Wildman–Crippen MR) is 162 cm³/mol. The number of rotatable bonds is 12. The van der Waals surface area contributed by atoms with Crippen molar-refractivity contribution in [1.82, 2.24) is 10.2 Å². The third kappa shape index (κ3) is 8.04. The lowest BCUT2D eigenvalue weighted by Crippen LogP contribution is -2.53. The molecule has 0 saturated heterocycles. The van der Waals surface area contributed by atoms with Gasteiger partial charge in [0.05, 0.1) is 10.6 Å². The SMILES string of the molecule is CCNC(=O)C(Cc1ccccc1)N(Cc1ccc(F)cc1)C(=O)CN(c1ccc(C)cc1)S(=O)(=O)c1ccc(F)cc1. The molecule has 0 aliphatic rings.